The second kappa shape index (κ2) is 14.3. The molecule has 2 heteroatoms. The molecule has 2 atom stereocenters. The van der Waals surface area contributed by atoms with E-state index in [1.54, 1.807) is 0 Å². The van der Waals surface area contributed by atoms with Crippen molar-refractivity contribution in [3.05, 3.63) is 162 Å². The van der Waals surface area contributed by atoms with E-state index in [2.05, 4.69) is 170 Å². The third kappa shape index (κ3) is 7.17. The molecule has 0 saturated carbocycles. The van der Waals surface area contributed by atoms with Crippen molar-refractivity contribution in [2.24, 2.45) is 0 Å². The lowest BCUT2D eigenvalue weighted by Crippen LogP contribution is -2.20. The molecule has 220 valence electrons. The predicted molar refractivity (Wildman–Crippen MR) is 190 cm³/mol. The van der Waals surface area contributed by atoms with Crippen molar-refractivity contribution < 1.29 is 0 Å². The first-order valence-electron chi connectivity index (χ1n) is 15.9. The molecule has 6 aromatic rings. The first-order chi connectivity index (χ1) is 21.7. The van der Waals surface area contributed by atoms with Crippen LogP contribution in [0.5, 0.6) is 0 Å². The molecule has 0 radical (unpaired) electrons. The molecule has 2 unspecified atom stereocenters. The third-order valence-corrected chi connectivity index (χ3v) is 8.68. The highest BCUT2D eigenvalue weighted by Crippen LogP contribution is 2.34. The van der Waals surface area contributed by atoms with Gasteiger partial charge in [0.1, 0.15) is 0 Å². The molecule has 0 aliphatic rings. The maximum absolute atomic E-state index is 3.78. The molecule has 44 heavy (non-hydrogen) atoms. The van der Waals surface area contributed by atoms with Gasteiger partial charge < -0.3 is 10.6 Å². The molecule has 0 spiro atoms. The van der Waals surface area contributed by atoms with Gasteiger partial charge in [-0.15, -0.1) is 0 Å². The van der Waals surface area contributed by atoms with Gasteiger partial charge in [0.2, 0.25) is 0 Å². The molecule has 6 aromatic carbocycles. The fraction of sp³-hybridized carbons (Fsp3) is 0.190. The zero-order chi connectivity index (χ0) is 30.1. The SMILES string of the molecule is CC(NCC=Cc1ccc2ccc(-c3cccc4c(C(C)NCCCc5ccccc5)cccc34)cc2c1)c1ccccc1. The smallest absolute Gasteiger partial charge is 0.0297 e. The number of benzene rings is 6. The Morgan fingerprint density at radius 2 is 1.36 bits per heavy atom. The molecule has 2 nitrogen and oxygen atoms in total. The minimum Gasteiger partial charge on any atom is -0.310 e. The highest BCUT2D eigenvalue weighted by Gasteiger charge is 2.12. The third-order valence-electron chi connectivity index (χ3n) is 8.68. The van der Waals surface area contributed by atoms with Crippen LogP contribution in [0, 0.1) is 0 Å². The summed E-state index contributed by atoms with van der Waals surface area (Å²) >= 11 is 0. The Hall–Kier alpha value is -4.50. The predicted octanol–water partition coefficient (Wildman–Crippen LogP) is 10.3. The highest BCUT2D eigenvalue weighted by atomic mass is 14.9. The largest absolute Gasteiger partial charge is 0.310 e. The first kappa shape index (κ1) is 29.6. The molecule has 0 fully saturated rings. The number of aryl methyl sites for hydroxylation is 1. The van der Waals surface area contributed by atoms with E-state index in [9.17, 15) is 0 Å². The fourth-order valence-electron chi connectivity index (χ4n) is 6.17. The first-order valence-corrected chi connectivity index (χ1v) is 15.9. The summed E-state index contributed by atoms with van der Waals surface area (Å²) in [4.78, 5) is 0. The van der Waals surface area contributed by atoms with Crippen molar-refractivity contribution in [2.75, 3.05) is 13.1 Å². The van der Waals surface area contributed by atoms with Gasteiger partial charge in [-0.05, 0) is 100 Å². The van der Waals surface area contributed by atoms with Gasteiger partial charge in [-0.25, -0.2) is 0 Å². The van der Waals surface area contributed by atoms with E-state index in [-0.39, 0.29) is 6.04 Å². The lowest BCUT2D eigenvalue weighted by molar-refractivity contribution is 0.561. The van der Waals surface area contributed by atoms with Gasteiger partial charge in [0.25, 0.3) is 0 Å². The number of hydrogen-bond donors (Lipinski definition) is 2. The summed E-state index contributed by atoms with van der Waals surface area (Å²) in [6.45, 7) is 6.32. The summed E-state index contributed by atoms with van der Waals surface area (Å²) in [5.41, 5.74) is 7.82. The molecule has 0 aliphatic carbocycles. The molecule has 6 rings (SSSR count). The van der Waals surface area contributed by atoms with Crippen molar-refractivity contribution in [3.8, 4) is 11.1 Å². The zero-order valence-electron chi connectivity index (χ0n) is 25.8. The van der Waals surface area contributed by atoms with Crippen LogP contribution in [0.4, 0.5) is 0 Å². The van der Waals surface area contributed by atoms with Crippen LogP contribution in [0.25, 0.3) is 38.7 Å². The van der Waals surface area contributed by atoms with Crippen molar-refractivity contribution in [2.45, 2.75) is 38.8 Å². The van der Waals surface area contributed by atoms with Crippen molar-refractivity contribution in [1.29, 1.82) is 0 Å². The summed E-state index contributed by atoms with van der Waals surface area (Å²) < 4.78 is 0. The Bertz CT molecular complexity index is 1840. The fourth-order valence-corrected chi connectivity index (χ4v) is 6.17. The van der Waals surface area contributed by atoms with Gasteiger partial charge >= 0.3 is 0 Å². The maximum Gasteiger partial charge on any atom is 0.0297 e. The van der Waals surface area contributed by atoms with E-state index >= 15 is 0 Å². The second-order valence-corrected chi connectivity index (χ2v) is 11.8. The lowest BCUT2D eigenvalue weighted by Gasteiger charge is -2.18. The maximum atomic E-state index is 3.78. The van der Waals surface area contributed by atoms with Crippen LogP contribution in [0.1, 0.15) is 54.6 Å². The Labute approximate surface area is 262 Å². The van der Waals surface area contributed by atoms with Crippen LogP contribution in [0.2, 0.25) is 0 Å². The van der Waals surface area contributed by atoms with E-state index in [0.717, 1.165) is 25.9 Å². The van der Waals surface area contributed by atoms with Crippen LogP contribution in [0.15, 0.2) is 140 Å². The molecular formula is C42H42N2. The molecule has 0 aliphatic heterocycles. The monoisotopic (exact) mass is 574 g/mol. The summed E-state index contributed by atoms with van der Waals surface area (Å²) in [6, 6.07) is 49.0. The van der Waals surface area contributed by atoms with Crippen LogP contribution in [-0.2, 0) is 6.42 Å². The Morgan fingerprint density at radius 1 is 0.614 bits per heavy atom. The van der Waals surface area contributed by atoms with Crippen LogP contribution >= 0.6 is 0 Å². The highest BCUT2D eigenvalue weighted by molar-refractivity contribution is 6.00. The van der Waals surface area contributed by atoms with Gasteiger partial charge in [-0.1, -0.05) is 133 Å². The Balaban J connectivity index is 1.16. The van der Waals surface area contributed by atoms with E-state index < -0.39 is 0 Å². The molecule has 2 N–H and O–H groups in total. The number of hydrogen-bond acceptors (Lipinski definition) is 2. The van der Waals surface area contributed by atoms with Crippen LogP contribution in [0.3, 0.4) is 0 Å². The standard InChI is InChI=1S/C42H42N2/c1-31(35-17-7-4-8-18-35)43-27-12-16-34-23-24-36-25-26-37(30-38(36)29-34)40-20-10-21-41-39(19-9-22-42(40)41)32(2)44-28-11-15-33-13-5-3-6-14-33/h3-10,12-14,16-26,29-32,43-44H,11,15,27-28H2,1-2H3. The molecule has 0 saturated heterocycles. The second-order valence-electron chi connectivity index (χ2n) is 11.8. The summed E-state index contributed by atoms with van der Waals surface area (Å²) in [5, 5.41) is 12.5. The minimum atomic E-state index is 0.279. The van der Waals surface area contributed by atoms with Crippen LogP contribution < -0.4 is 10.6 Å². The molecule has 0 bridgehead atoms. The summed E-state index contributed by atoms with van der Waals surface area (Å²) in [6.07, 6.45) is 6.66. The van der Waals surface area contributed by atoms with Crippen molar-refractivity contribution in [1.82, 2.24) is 10.6 Å². The summed E-state index contributed by atoms with van der Waals surface area (Å²) in [5.74, 6) is 0. The average Bonchev–Trinajstić information content (AvgIpc) is 3.08. The van der Waals surface area contributed by atoms with Gasteiger partial charge in [0.15, 0.2) is 0 Å². The van der Waals surface area contributed by atoms with Gasteiger partial charge in [-0.3, -0.25) is 0 Å². The molecule has 0 amide bonds. The quantitative estimate of drug-likeness (QED) is 0.142. The van der Waals surface area contributed by atoms with E-state index in [1.165, 1.54) is 54.9 Å². The van der Waals surface area contributed by atoms with Gasteiger partial charge in [0.05, 0.1) is 0 Å². The number of rotatable bonds is 12. The van der Waals surface area contributed by atoms with Crippen molar-refractivity contribution in [3.63, 3.8) is 0 Å². The lowest BCUT2D eigenvalue weighted by atomic mass is 9.92. The zero-order valence-corrected chi connectivity index (χ0v) is 25.8. The van der Waals surface area contributed by atoms with E-state index in [1.807, 2.05) is 0 Å². The van der Waals surface area contributed by atoms with E-state index in [0.29, 0.717) is 6.04 Å². The molecule has 0 heterocycles. The molecule has 0 aromatic heterocycles. The minimum absolute atomic E-state index is 0.279. The normalized spacial score (nSPS) is 13.0. The van der Waals surface area contributed by atoms with Crippen LogP contribution in [-0.4, -0.2) is 13.1 Å². The Kier molecular flexibility index (Phi) is 9.62. The Morgan fingerprint density at radius 3 is 2.20 bits per heavy atom. The topological polar surface area (TPSA) is 24.1 Å². The number of fused-ring (bicyclic) bond motifs is 2. The van der Waals surface area contributed by atoms with Gasteiger partial charge in [-0.2, -0.15) is 0 Å². The van der Waals surface area contributed by atoms with Gasteiger partial charge in [0, 0.05) is 18.6 Å². The summed E-state index contributed by atoms with van der Waals surface area (Å²) in [7, 11) is 0. The van der Waals surface area contributed by atoms with Crippen molar-refractivity contribution >= 4 is 27.6 Å². The average molecular weight is 575 g/mol. The van der Waals surface area contributed by atoms with E-state index in [4.69, 9.17) is 0 Å². The molecular weight excluding hydrogens is 532 g/mol. The number of nitrogens with one attached hydrogen (secondary N) is 2.